The van der Waals surface area contributed by atoms with Crippen LogP contribution in [0.3, 0.4) is 0 Å². The van der Waals surface area contributed by atoms with Crippen LogP contribution in [-0.4, -0.2) is 174 Å². The molecule has 0 saturated carbocycles. The lowest BCUT2D eigenvalue weighted by Gasteiger charge is -2.49. The Hall–Kier alpha value is -1.96. The van der Waals surface area contributed by atoms with Gasteiger partial charge in [0.05, 0.1) is 47.6 Å². The maximum atomic E-state index is 14.4. The molecule has 58 heavy (non-hydrogen) atoms. The van der Waals surface area contributed by atoms with Gasteiger partial charge in [-0.3, -0.25) is 4.79 Å². The normalized spacial score (nSPS) is 45.4. The number of nitrogens with zero attached hydrogens (tertiary/aromatic N) is 2. The highest BCUT2D eigenvalue weighted by molar-refractivity contribution is 5.73. The van der Waals surface area contributed by atoms with Gasteiger partial charge < -0.3 is 68.1 Å². The Bertz CT molecular complexity index is 1330. The van der Waals surface area contributed by atoms with Gasteiger partial charge in [-0.1, -0.05) is 33.4 Å². The molecule has 338 valence electrons. The van der Waals surface area contributed by atoms with Gasteiger partial charge in [-0.05, 0) is 94.8 Å². The predicted octanol–water partition coefficient (Wildman–Crippen LogP) is 3.25. The van der Waals surface area contributed by atoms with Gasteiger partial charge in [0.1, 0.15) is 30.5 Å². The van der Waals surface area contributed by atoms with Crippen molar-refractivity contribution in [2.45, 2.75) is 185 Å². The minimum absolute atomic E-state index is 0.0698. The van der Waals surface area contributed by atoms with Crippen molar-refractivity contribution < 1.29 is 67.9 Å². The molecule has 4 N–H and O–H groups in total. The number of cyclic esters (lactones) is 1. The van der Waals surface area contributed by atoms with Crippen LogP contribution >= 0.6 is 0 Å². The zero-order valence-electron chi connectivity index (χ0n) is 37.5. The van der Waals surface area contributed by atoms with Crippen molar-refractivity contribution in [1.82, 2.24) is 9.80 Å². The number of carbonyl (C=O) groups excluding carboxylic acids is 2. The largest absolute Gasteiger partial charge is 0.509 e. The van der Waals surface area contributed by atoms with Crippen LogP contribution in [0.4, 0.5) is 4.79 Å². The molecular formula is C42H76N2O14. The monoisotopic (exact) mass is 833 g/mol. The summed E-state index contributed by atoms with van der Waals surface area (Å²) >= 11 is 0. The van der Waals surface area contributed by atoms with E-state index in [1.54, 1.807) is 48.5 Å². The Morgan fingerprint density at radius 1 is 1.00 bits per heavy atom. The zero-order valence-corrected chi connectivity index (χ0v) is 37.5. The van der Waals surface area contributed by atoms with E-state index in [-0.39, 0.29) is 43.9 Å². The third-order valence-electron chi connectivity index (χ3n) is 12.7. The molecule has 18 atom stereocenters. The summed E-state index contributed by atoms with van der Waals surface area (Å²) in [5.41, 5.74) is -4.54. The standard InChI is InChI=1S/C42H76N2O14/c1-16-18-52-39(48)57-33-29(43(12)13)19-24(4)53-38(33)58-36-25(5)32(56-31-21-41(10,51-15)35(46)28(8)54-31)26(6)37(47)55-30(17-2)42(11,50)34(45)27(7)44(14)22-23(3)20-40(36,9)49/h16,23-36,38,45-46,49-50H,1,17-22H2,2-15H3/t23-,24-,25+,26-,27-,28+,29?,30-,31+,32+,33-,34-,35+,36-,38+,40-,41-,42-/m1/s1. The molecule has 0 radical (unpaired) electrons. The quantitative estimate of drug-likeness (QED) is 0.185. The van der Waals surface area contributed by atoms with Crippen LogP contribution in [0, 0.1) is 17.8 Å². The van der Waals surface area contributed by atoms with Crippen molar-refractivity contribution in [3.8, 4) is 0 Å². The molecule has 3 fully saturated rings. The molecule has 16 nitrogen and oxygen atoms in total. The summed E-state index contributed by atoms with van der Waals surface area (Å²) in [6.45, 7) is 21.3. The van der Waals surface area contributed by atoms with Crippen LogP contribution in [0.15, 0.2) is 12.7 Å². The number of rotatable bonds is 10. The van der Waals surface area contributed by atoms with Crippen molar-refractivity contribution >= 4 is 12.1 Å². The number of hydrogen-bond donors (Lipinski definition) is 4. The second-order valence-corrected chi connectivity index (χ2v) is 18.1. The van der Waals surface area contributed by atoms with Crippen LogP contribution in [0.1, 0.15) is 94.9 Å². The zero-order chi connectivity index (χ0) is 44.1. The molecule has 1 unspecified atom stereocenters. The minimum Gasteiger partial charge on any atom is -0.459 e. The van der Waals surface area contributed by atoms with Gasteiger partial charge in [-0.2, -0.15) is 0 Å². The summed E-state index contributed by atoms with van der Waals surface area (Å²) < 4.78 is 49.2. The Kier molecular flexibility index (Phi) is 18.0. The Balaban J connectivity index is 2.23. The lowest BCUT2D eigenvalue weighted by molar-refractivity contribution is -0.318. The third-order valence-corrected chi connectivity index (χ3v) is 12.7. The average molecular weight is 833 g/mol. The summed E-state index contributed by atoms with van der Waals surface area (Å²) in [5, 5.41) is 47.1. The highest BCUT2D eigenvalue weighted by Gasteiger charge is 2.53. The number of carbonyl (C=O) groups is 2. The number of hydrogen-bond acceptors (Lipinski definition) is 16. The van der Waals surface area contributed by atoms with Crippen molar-refractivity contribution in [1.29, 1.82) is 0 Å². The summed E-state index contributed by atoms with van der Waals surface area (Å²) in [7, 11) is 7.04. The van der Waals surface area contributed by atoms with Gasteiger partial charge in [0.25, 0.3) is 0 Å². The second kappa shape index (κ2) is 20.7. The van der Waals surface area contributed by atoms with Crippen LogP contribution in [0.25, 0.3) is 0 Å². The number of aliphatic hydroxyl groups excluding tert-OH is 2. The predicted molar refractivity (Wildman–Crippen MR) is 215 cm³/mol. The van der Waals surface area contributed by atoms with Crippen LogP contribution in [-0.2, 0) is 42.7 Å². The molecular weight excluding hydrogens is 756 g/mol. The fourth-order valence-electron chi connectivity index (χ4n) is 9.12. The first kappa shape index (κ1) is 50.4. The smallest absolute Gasteiger partial charge is 0.459 e. The van der Waals surface area contributed by atoms with Crippen molar-refractivity contribution in [3.05, 3.63) is 12.7 Å². The van der Waals surface area contributed by atoms with E-state index >= 15 is 0 Å². The topological polar surface area (TPSA) is 195 Å². The van der Waals surface area contributed by atoms with Crippen molar-refractivity contribution in [2.75, 3.05) is 41.4 Å². The second-order valence-electron chi connectivity index (χ2n) is 18.1. The number of aliphatic hydroxyl groups is 4. The van der Waals surface area contributed by atoms with E-state index < -0.39 is 102 Å². The van der Waals surface area contributed by atoms with Gasteiger partial charge in [0, 0.05) is 32.0 Å². The molecule has 0 spiro atoms. The maximum absolute atomic E-state index is 14.4. The number of esters is 1. The summed E-state index contributed by atoms with van der Waals surface area (Å²) in [4.78, 5) is 31.1. The van der Waals surface area contributed by atoms with Crippen LogP contribution in [0.2, 0.25) is 0 Å². The van der Waals surface area contributed by atoms with E-state index in [0.717, 1.165) is 0 Å². The van der Waals surface area contributed by atoms with Gasteiger partial charge in [-0.25, -0.2) is 4.79 Å². The molecule has 0 amide bonds. The van der Waals surface area contributed by atoms with E-state index in [2.05, 4.69) is 6.58 Å². The van der Waals surface area contributed by atoms with E-state index in [1.165, 1.54) is 20.1 Å². The lowest BCUT2D eigenvalue weighted by atomic mass is 9.77. The molecule has 3 aliphatic heterocycles. The van der Waals surface area contributed by atoms with Gasteiger partial charge in [0.15, 0.2) is 18.7 Å². The van der Waals surface area contributed by atoms with Crippen LogP contribution < -0.4 is 0 Å². The fraction of sp³-hybridized carbons (Fsp3) is 0.905. The van der Waals surface area contributed by atoms with Crippen LogP contribution in [0.5, 0.6) is 0 Å². The highest BCUT2D eigenvalue weighted by Crippen LogP contribution is 2.40. The van der Waals surface area contributed by atoms with E-state index in [1.807, 2.05) is 44.8 Å². The van der Waals surface area contributed by atoms with E-state index in [4.69, 9.17) is 37.9 Å². The summed E-state index contributed by atoms with van der Waals surface area (Å²) in [6, 6.07) is -0.947. The fourth-order valence-corrected chi connectivity index (χ4v) is 9.12. The first-order chi connectivity index (χ1) is 26.8. The Labute approximate surface area is 346 Å². The van der Waals surface area contributed by atoms with Crippen molar-refractivity contribution in [3.63, 3.8) is 0 Å². The first-order valence-corrected chi connectivity index (χ1v) is 20.8. The maximum Gasteiger partial charge on any atom is 0.509 e. The molecule has 0 aromatic carbocycles. The van der Waals surface area contributed by atoms with Crippen molar-refractivity contribution in [2.24, 2.45) is 17.8 Å². The molecule has 3 rings (SSSR count). The van der Waals surface area contributed by atoms with Gasteiger partial charge in [-0.15, -0.1) is 0 Å². The number of likely N-dealkylation sites (N-methyl/N-ethyl adjacent to an activating group) is 2. The highest BCUT2D eigenvalue weighted by atomic mass is 16.8. The molecule has 0 aromatic rings. The Morgan fingerprint density at radius 3 is 2.21 bits per heavy atom. The van der Waals surface area contributed by atoms with E-state index in [0.29, 0.717) is 13.0 Å². The number of ether oxygens (including phenoxy) is 8. The molecule has 0 aromatic heterocycles. The number of methoxy groups -OCH3 is 1. The first-order valence-electron chi connectivity index (χ1n) is 20.8. The Morgan fingerprint density at radius 2 is 1.64 bits per heavy atom. The summed E-state index contributed by atoms with van der Waals surface area (Å²) in [6.07, 6.45) is -8.43. The third kappa shape index (κ3) is 11.9. The van der Waals surface area contributed by atoms with Gasteiger partial charge >= 0.3 is 12.1 Å². The van der Waals surface area contributed by atoms with Gasteiger partial charge in [0.2, 0.25) is 0 Å². The van der Waals surface area contributed by atoms with E-state index in [9.17, 15) is 30.0 Å². The minimum atomic E-state index is -1.83. The molecule has 0 aliphatic carbocycles. The summed E-state index contributed by atoms with van der Waals surface area (Å²) in [5.74, 6) is -2.82. The molecule has 3 aliphatic rings. The molecule has 0 bridgehead atoms. The average Bonchev–Trinajstić information content (AvgIpc) is 3.14. The molecule has 16 heteroatoms. The molecule has 3 saturated heterocycles. The SMILES string of the molecule is C=CCOC(=O)O[C@@H]1C(N(C)C)C[C@@H](C)O[C@H]1O[C@@H]1[C@@H](C)[C@H](O[C@H]2C[C@@](C)(OC)[C@@H](O)[C@H](C)O2)[C@@H](C)C(=O)O[C@H](CC)[C@@](C)(O)[C@H](O)[C@@H](C)N(C)C[C@H](C)C[C@@]1(C)O. The molecule has 3 heterocycles. The lowest BCUT2D eigenvalue weighted by Crippen LogP contribution is -2.61.